The summed E-state index contributed by atoms with van der Waals surface area (Å²) in [6.07, 6.45) is 1.85. The highest BCUT2D eigenvalue weighted by atomic mass is 16.5. The van der Waals surface area contributed by atoms with Crippen molar-refractivity contribution in [1.82, 2.24) is 9.55 Å². The van der Waals surface area contributed by atoms with Crippen molar-refractivity contribution in [2.75, 3.05) is 6.61 Å². The van der Waals surface area contributed by atoms with Crippen LogP contribution in [0.25, 0.3) is 22.3 Å². The first-order valence-electron chi connectivity index (χ1n) is 8.56. The molecule has 2 aromatic heterocycles. The fourth-order valence-electron chi connectivity index (χ4n) is 3.14. The molecule has 0 unspecified atom stereocenters. The van der Waals surface area contributed by atoms with Crippen LogP contribution in [0.15, 0.2) is 79.0 Å². The maximum Gasteiger partial charge on any atom is 0.140 e. The zero-order valence-corrected chi connectivity index (χ0v) is 14.2. The van der Waals surface area contributed by atoms with Crippen LogP contribution in [0.3, 0.4) is 0 Å². The monoisotopic (exact) mass is 328 g/mol. The Morgan fingerprint density at radius 1 is 0.920 bits per heavy atom. The van der Waals surface area contributed by atoms with Crippen LogP contribution >= 0.6 is 0 Å². The number of ether oxygens (including phenoxy) is 1. The molecule has 0 aliphatic carbocycles. The molecule has 4 aromatic rings. The highest BCUT2D eigenvalue weighted by molar-refractivity contribution is 5.84. The second kappa shape index (κ2) is 6.81. The highest BCUT2D eigenvalue weighted by Crippen LogP contribution is 2.29. The lowest BCUT2D eigenvalue weighted by molar-refractivity contribution is 0.340. The molecular formula is C22H20N2O. The van der Waals surface area contributed by atoms with E-state index in [4.69, 9.17) is 4.74 Å². The molecule has 0 bridgehead atoms. The Labute approximate surface area is 147 Å². The SMILES string of the molecule is CCOc1ccc(-c2cc3cccnc3n2Cc2ccccc2)cc1. The van der Waals surface area contributed by atoms with Crippen LogP contribution in [0.1, 0.15) is 12.5 Å². The quantitative estimate of drug-likeness (QED) is 0.506. The first-order chi connectivity index (χ1) is 12.3. The summed E-state index contributed by atoms with van der Waals surface area (Å²) in [6.45, 7) is 3.47. The standard InChI is InChI=1S/C22H20N2O/c1-2-25-20-12-10-18(11-13-20)21-15-19-9-6-14-23-22(19)24(21)16-17-7-4-3-5-8-17/h3-15H,2,16H2,1H3. The Hall–Kier alpha value is -3.07. The molecule has 0 fully saturated rings. The molecule has 0 radical (unpaired) electrons. The summed E-state index contributed by atoms with van der Waals surface area (Å²) in [5, 5.41) is 1.15. The lowest BCUT2D eigenvalue weighted by Gasteiger charge is -2.11. The molecule has 2 heterocycles. The number of benzene rings is 2. The second-order valence-corrected chi connectivity index (χ2v) is 5.97. The van der Waals surface area contributed by atoms with E-state index in [9.17, 15) is 0 Å². The molecule has 3 nitrogen and oxygen atoms in total. The third-order valence-electron chi connectivity index (χ3n) is 4.30. The molecule has 3 heteroatoms. The lowest BCUT2D eigenvalue weighted by atomic mass is 10.1. The molecule has 0 N–H and O–H groups in total. The van der Waals surface area contributed by atoms with Crippen LogP contribution < -0.4 is 4.74 Å². The maximum absolute atomic E-state index is 5.56. The number of pyridine rings is 1. The third kappa shape index (κ3) is 3.13. The van der Waals surface area contributed by atoms with Gasteiger partial charge in [0.25, 0.3) is 0 Å². The number of fused-ring (bicyclic) bond motifs is 1. The second-order valence-electron chi connectivity index (χ2n) is 5.97. The van der Waals surface area contributed by atoms with Crippen molar-refractivity contribution in [2.45, 2.75) is 13.5 Å². The Balaban J connectivity index is 1.81. The van der Waals surface area contributed by atoms with Crippen molar-refractivity contribution >= 4 is 11.0 Å². The van der Waals surface area contributed by atoms with Crippen molar-refractivity contribution in [2.24, 2.45) is 0 Å². The Morgan fingerprint density at radius 3 is 2.48 bits per heavy atom. The van der Waals surface area contributed by atoms with E-state index in [1.165, 1.54) is 11.3 Å². The predicted molar refractivity (Wildman–Crippen MR) is 102 cm³/mol. The molecule has 2 aromatic carbocycles. The normalized spacial score (nSPS) is 10.9. The van der Waals surface area contributed by atoms with Gasteiger partial charge in [0.05, 0.1) is 12.3 Å². The van der Waals surface area contributed by atoms with Crippen molar-refractivity contribution in [3.8, 4) is 17.0 Å². The van der Waals surface area contributed by atoms with Crippen molar-refractivity contribution in [3.63, 3.8) is 0 Å². The van der Waals surface area contributed by atoms with Crippen LogP contribution in [0.5, 0.6) is 5.75 Å². The van der Waals surface area contributed by atoms with Gasteiger partial charge in [-0.05, 0) is 60.5 Å². The number of hydrogen-bond acceptors (Lipinski definition) is 2. The van der Waals surface area contributed by atoms with Crippen molar-refractivity contribution in [1.29, 1.82) is 0 Å². The van der Waals surface area contributed by atoms with Gasteiger partial charge >= 0.3 is 0 Å². The van der Waals surface area contributed by atoms with Gasteiger partial charge in [-0.15, -0.1) is 0 Å². The zero-order chi connectivity index (χ0) is 17.1. The van der Waals surface area contributed by atoms with Crippen LogP contribution in [0.4, 0.5) is 0 Å². The smallest absolute Gasteiger partial charge is 0.140 e. The van der Waals surface area contributed by atoms with Gasteiger partial charge in [0.1, 0.15) is 11.4 Å². The van der Waals surface area contributed by atoms with Crippen LogP contribution in [-0.4, -0.2) is 16.2 Å². The van der Waals surface area contributed by atoms with E-state index in [1.807, 2.05) is 37.4 Å². The average Bonchev–Trinajstić information content (AvgIpc) is 3.02. The van der Waals surface area contributed by atoms with E-state index in [1.54, 1.807) is 0 Å². The van der Waals surface area contributed by atoms with Gasteiger partial charge < -0.3 is 9.30 Å². The molecule has 124 valence electrons. The van der Waals surface area contributed by atoms with Gasteiger partial charge in [-0.1, -0.05) is 30.3 Å². The summed E-state index contributed by atoms with van der Waals surface area (Å²) in [6, 6.07) is 25.1. The Morgan fingerprint density at radius 2 is 1.72 bits per heavy atom. The van der Waals surface area contributed by atoms with E-state index in [0.29, 0.717) is 6.61 Å². The van der Waals surface area contributed by atoms with Gasteiger partial charge in [-0.3, -0.25) is 0 Å². The minimum absolute atomic E-state index is 0.678. The van der Waals surface area contributed by atoms with Crippen LogP contribution in [0.2, 0.25) is 0 Å². The fourth-order valence-corrected chi connectivity index (χ4v) is 3.14. The highest BCUT2D eigenvalue weighted by Gasteiger charge is 2.12. The molecule has 25 heavy (non-hydrogen) atoms. The van der Waals surface area contributed by atoms with E-state index in [-0.39, 0.29) is 0 Å². The first kappa shape index (κ1) is 15.5. The Bertz CT molecular complexity index is 972. The number of rotatable bonds is 5. The van der Waals surface area contributed by atoms with Gasteiger partial charge in [0, 0.05) is 18.1 Å². The summed E-state index contributed by atoms with van der Waals surface area (Å²) < 4.78 is 7.84. The lowest BCUT2D eigenvalue weighted by Crippen LogP contribution is -2.02. The number of aromatic nitrogens is 2. The molecular weight excluding hydrogens is 308 g/mol. The van der Waals surface area contributed by atoms with E-state index in [2.05, 4.69) is 58.1 Å². The zero-order valence-electron chi connectivity index (χ0n) is 14.2. The predicted octanol–water partition coefficient (Wildman–Crippen LogP) is 5.15. The van der Waals surface area contributed by atoms with Gasteiger partial charge in [-0.25, -0.2) is 4.98 Å². The molecule has 0 saturated heterocycles. The summed E-state index contributed by atoms with van der Waals surface area (Å²) in [5.74, 6) is 0.898. The Kier molecular flexibility index (Phi) is 4.21. The van der Waals surface area contributed by atoms with Crippen LogP contribution in [0, 0.1) is 0 Å². The molecule has 0 aliphatic heterocycles. The molecule has 0 atom stereocenters. The van der Waals surface area contributed by atoms with Gasteiger partial charge in [-0.2, -0.15) is 0 Å². The number of nitrogens with zero attached hydrogens (tertiary/aromatic N) is 2. The molecule has 4 rings (SSSR count). The van der Waals surface area contributed by atoms with E-state index < -0.39 is 0 Å². The summed E-state index contributed by atoms with van der Waals surface area (Å²) in [4.78, 5) is 4.61. The molecule has 0 saturated carbocycles. The van der Waals surface area contributed by atoms with Crippen molar-refractivity contribution < 1.29 is 4.74 Å². The van der Waals surface area contributed by atoms with Crippen molar-refractivity contribution in [3.05, 3.63) is 84.6 Å². The average molecular weight is 328 g/mol. The topological polar surface area (TPSA) is 27.1 Å². The van der Waals surface area contributed by atoms with Gasteiger partial charge in [0.2, 0.25) is 0 Å². The summed E-state index contributed by atoms with van der Waals surface area (Å²) in [5.41, 5.74) is 4.60. The maximum atomic E-state index is 5.56. The molecule has 0 spiro atoms. The fraction of sp³-hybridized carbons (Fsp3) is 0.136. The molecule has 0 amide bonds. The van der Waals surface area contributed by atoms with E-state index >= 15 is 0 Å². The first-order valence-corrected chi connectivity index (χ1v) is 8.56. The van der Waals surface area contributed by atoms with Gasteiger partial charge in [0.15, 0.2) is 0 Å². The third-order valence-corrected chi connectivity index (χ3v) is 4.30. The largest absolute Gasteiger partial charge is 0.494 e. The summed E-state index contributed by atoms with van der Waals surface area (Å²) >= 11 is 0. The number of hydrogen-bond donors (Lipinski definition) is 0. The van der Waals surface area contributed by atoms with E-state index in [0.717, 1.165) is 28.9 Å². The summed E-state index contributed by atoms with van der Waals surface area (Å²) in [7, 11) is 0. The minimum atomic E-state index is 0.678. The van der Waals surface area contributed by atoms with Crippen LogP contribution in [-0.2, 0) is 6.54 Å². The molecule has 0 aliphatic rings. The minimum Gasteiger partial charge on any atom is -0.494 e.